The van der Waals surface area contributed by atoms with Gasteiger partial charge in [0.2, 0.25) is 5.91 Å². The smallest absolute Gasteiger partial charge is 0.223 e. The second kappa shape index (κ2) is 6.01. The third-order valence-electron chi connectivity index (χ3n) is 3.67. The molecule has 98 valence electrons. The Morgan fingerprint density at radius 2 is 2.00 bits per heavy atom. The Hall–Kier alpha value is -1.35. The Bertz CT molecular complexity index is 411. The van der Waals surface area contributed by atoms with Crippen molar-refractivity contribution in [3.8, 4) is 0 Å². The molecule has 0 aliphatic carbocycles. The van der Waals surface area contributed by atoms with Crippen LogP contribution in [0.15, 0.2) is 24.3 Å². The highest BCUT2D eigenvalue weighted by Gasteiger charge is 2.19. The van der Waals surface area contributed by atoms with Crippen LogP contribution in [0, 0.1) is 6.92 Å². The van der Waals surface area contributed by atoms with Gasteiger partial charge in [-0.15, -0.1) is 0 Å². The molecular formula is C15H22N2O. The van der Waals surface area contributed by atoms with Crippen molar-refractivity contribution in [1.82, 2.24) is 10.2 Å². The third kappa shape index (κ3) is 3.10. The summed E-state index contributed by atoms with van der Waals surface area (Å²) in [6.45, 7) is 7.79. The van der Waals surface area contributed by atoms with Crippen molar-refractivity contribution in [2.45, 2.75) is 26.2 Å². The summed E-state index contributed by atoms with van der Waals surface area (Å²) >= 11 is 0. The number of carbonyl (C=O) groups excluding carboxylic acids is 1. The van der Waals surface area contributed by atoms with Gasteiger partial charge in [0.05, 0.1) is 0 Å². The van der Waals surface area contributed by atoms with Crippen molar-refractivity contribution in [3.63, 3.8) is 0 Å². The van der Waals surface area contributed by atoms with Crippen LogP contribution in [-0.2, 0) is 4.79 Å². The standard InChI is InChI=1S/C15H22N2O/c1-12-5-3-4-6-14(12)13(2)11-15(18)17-9-7-16-8-10-17/h3-6,13,16H,7-11H2,1-2H3. The monoisotopic (exact) mass is 246 g/mol. The van der Waals surface area contributed by atoms with Crippen LogP contribution in [-0.4, -0.2) is 37.0 Å². The van der Waals surface area contributed by atoms with E-state index >= 15 is 0 Å². The van der Waals surface area contributed by atoms with Crippen LogP contribution < -0.4 is 5.32 Å². The molecule has 1 aromatic carbocycles. The van der Waals surface area contributed by atoms with E-state index in [0.717, 1.165) is 26.2 Å². The van der Waals surface area contributed by atoms with Gasteiger partial charge in [0, 0.05) is 32.6 Å². The second-order valence-electron chi connectivity index (χ2n) is 5.09. The van der Waals surface area contributed by atoms with E-state index in [0.29, 0.717) is 12.3 Å². The lowest BCUT2D eigenvalue weighted by Crippen LogP contribution is -2.46. The number of amides is 1. The first-order chi connectivity index (χ1) is 8.68. The third-order valence-corrected chi connectivity index (χ3v) is 3.67. The van der Waals surface area contributed by atoms with Gasteiger partial charge in [0.15, 0.2) is 0 Å². The number of carbonyl (C=O) groups is 1. The highest BCUT2D eigenvalue weighted by molar-refractivity contribution is 5.77. The molecule has 1 N–H and O–H groups in total. The molecule has 1 heterocycles. The molecular weight excluding hydrogens is 224 g/mol. The lowest BCUT2D eigenvalue weighted by molar-refractivity contribution is -0.132. The SMILES string of the molecule is Cc1ccccc1C(C)CC(=O)N1CCNCC1. The van der Waals surface area contributed by atoms with Gasteiger partial charge in [-0.1, -0.05) is 31.2 Å². The summed E-state index contributed by atoms with van der Waals surface area (Å²) in [6, 6.07) is 8.34. The Morgan fingerprint density at radius 3 is 2.67 bits per heavy atom. The van der Waals surface area contributed by atoms with Crippen LogP contribution in [0.1, 0.15) is 30.4 Å². The highest BCUT2D eigenvalue weighted by Crippen LogP contribution is 2.23. The molecule has 0 aromatic heterocycles. The van der Waals surface area contributed by atoms with E-state index in [-0.39, 0.29) is 5.91 Å². The van der Waals surface area contributed by atoms with Crippen LogP contribution >= 0.6 is 0 Å². The van der Waals surface area contributed by atoms with Crippen molar-refractivity contribution in [2.24, 2.45) is 0 Å². The molecule has 2 rings (SSSR count). The zero-order chi connectivity index (χ0) is 13.0. The number of piperazine rings is 1. The normalized spacial score (nSPS) is 17.6. The van der Waals surface area contributed by atoms with E-state index < -0.39 is 0 Å². The number of nitrogens with zero attached hydrogens (tertiary/aromatic N) is 1. The summed E-state index contributed by atoms with van der Waals surface area (Å²) in [5.74, 6) is 0.584. The maximum Gasteiger partial charge on any atom is 0.223 e. The molecule has 0 saturated carbocycles. The molecule has 1 unspecified atom stereocenters. The predicted octanol–water partition coefficient (Wildman–Crippen LogP) is 1.92. The van der Waals surface area contributed by atoms with Crippen LogP contribution in [0.5, 0.6) is 0 Å². The zero-order valence-corrected chi connectivity index (χ0v) is 11.3. The molecule has 1 saturated heterocycles. The molecule has 1 aromatic rings. The first-order valence-corrected chi connectivity index (χ1v) is 6.72. The highest BCUT2D eigenvalue weighted by atomic mass is 16.2. The van der Waals surface area contributed by atoms with Crippen molar-refractivity contribution >= 4 is 5.91 Å². The molecule has 18 heavy (non-hydrogen) atoms. The van der Waals surface area contributed by atoms with Crippen LogP contribution in [0.25, 0.3) is 0 Å². The number of benzene rings is 1. The zero-order valence-electron chi connectivity index (χ0n) is 11.3. The Balaban J connectivity index is 1.96. The number of nitrogens with one attached hydrogen (secondary N) is 1. The quantitative estimate of drug-likeness (QED) is 0.883. The van der Waals surface area contributed by atoms with Crippen molar-refractivity contribution in [2.75, 3.05) is 26.2 Å². The first kappa shape index (κ1) is 13.1. The molecule has 0 bridgehead atoms. The minimum atomic E-state index is 0.284. The van der Waals surface area contributed by atoms with E-state index in [4.69, 9.17) is 0 Å². The Morgan fingerprint density at radius 1 is 1.33 bits per heavy atom. The van der Waals surface area contributed by atoms with E-state index in [1.165, 1.54) is 11.1 Å². The summed E-state index contributed by atoms with van der Waals surface area (Å²) in [7, 11) is 0. The molecule has 0 spiro atoms. The number of rotatable bonds is 3. The maximum absolute atomic E-state index is 12.2. The molecule has 0 radical (unpaired) electrons. The van der Waals surface area contributed by atoms with Gasteiger partial charge >= 0.3 is 0 Å². The fourth-order valence-corrected chi connectivity index (χ4v) is 2.55. The summed E-state index contributed by atoms with van der Waals surface area (Å²) in [5, 5.41) is 3.27. The molecule has 1 aliphatic heterocycles. The van der Waals surface area contributed by atoms with Gasteiger partial charge in [0.1, 0.15) is 0 Å². The van der Waals surface area contributed by atoms with Crippen molar-refractivity contribution in [1.29, 1.82) is 0 Å². The van der Waals surface area contributed by atoms with Crippen molar-refractivity contribution < 1.29 is 4.79 Å². The molecule has 1 amide bonds. The van der Waals surface area contributed by atoms with E-state index in [1.54, 1.807) is 0 Å². The van der Waals surface area contributed by atoms with Crippen molar-refractivity contribution in [3.05, 3.63) is 35.4 Å². The first-order valence-electron chi connectivity index (χ1n) is 6.72. The Kier molecular flexibility index (Phi) is 4.37. The molecule has 1 fully saturated rings. The van der Waals surface area contributed by atoms with E-state index in [1.807, 2.05) is 17.0 Å². The van der Waals surface area contributed by atoms with Gasteiger partial charge in [-0.25, -0.2) is 0 Å². The summed E-state index contributed by atoms with van der Waals surface area (Å²) < 4.78 is 0. The molecule has 1 aliphatic rings. The van der Waals surface area contributed by atoms with Gasteiger partial charge in [-0.2, -0.15) is 0 Å². The lowest BCUT2D eigenvalue weighted by atomic mass is 9.93. The molecule has 3 nitrogen and oxygen atoms in total. The predicted molar refractivity (Wildman–Crippen MR) is 73.7 cm³/mol. The summed E-state index contributed by atoms with van der Waals surface area (Å²) in [6.07, 6.45) is 0.616. The summed E-state index contributed by atoms with van der Waals surface area (Å²) in [4.78, 5) is 14.2. The van der Waals surface area contributed by atoms with Gasteiger partial charge in [-0.3, -0.25) is 4.79 Å². The average Bonchev–Trinajstić information content (AvgIpc) is 2.40. The second-order valence-corrected chi connectivity index (χ2v) is 5.09. The van der Waals surface area contributed by atoms with Gasteiger partial charge in [-0.05, 0) is 24.0 Å². The number of aryl methyl sites for hydroxylation is 1. The molecule has 1 atom stereocenters. The topological polar surface area (TPSA) is 32.3 Å². The fourth-order valence-electron chi connectivity index (χ4n) is 2.55. The number of hydrogen-bond donors (Lipinski definition) is 1. The largest absolute Gasteiger partial charge is 0.340 e. The van der Waals surface area contributed by atoms with Crippen LogP contribution in [0.2, 0.25) is 0 Å². The van der Waals surface area contributed by atoms with Crippen LogP contribution in [0.4, 0.5) is 0 Å². The van der Waals surface area contributed by atoms with Gasteiger partial charge in [0.25, 0.3) is 0 Å². The summed E-state index contributed by atoms with van der Waals surface area (Å²) in [5.41, 5.74) is 2.57. The number of hydrogen-bond acceptors (Lipinski definition) is 2. The minimum Gasteiger partial charge on any atom is -0.340 e. The lowest BCUT2D eigenvalue weighted by Gasteiger charge is -2.28. The van der Waals surface area contributed by atoms with Gasteiger partial charge < -0.3 is 10.2 Å². The molecule has 3 heteroatoms. The fraction of sp³-hybridized carbons (Fsp3) is 0.533. The maximum atomic E-state index is 12.2. The Labute approximate surface area is 109 Å². The van der Waals surface area contributed by atoms with E-state index in [2.05, 4.69) is 31.3 Å². The minimum absolute atomic E-state index is 0.284. The van der Waals surface area contributed by atoms with Crippen LogP contribution in [0.3, 0.4) is 0 Å². The average molecular weight is 246 g/mol. The van der Waals surface area contributed by atoms with E-state index in [9.17, 15) is 4.79 Å².